The summed E-state index contributed by atoms with van der Waals surface area (Å²) in [5.74, 6) is 9.61. The first-order valence-corrected chi connectivity index (χ1v) is 9.09. The van der Waals surface area contributed by atoms with Gasteiger partial charge < -0.3 is 19.5 Å². The Hall–Kier alpha value is -3.58. The molecule has 1 unspecified atom stereocenters. The van der Waals surface area contributed by atoms with Gasteiger partial charge in [0.1, 0.15) is 23.0 Å². The summed E-state index contributed by atoms with van der Waals surface area (Å²) in [6.45, 7) is 4.07. The molecule has 0 spiro atoms. The molecule has 4 nitrogen and oxygen atoms in total. The number of fused-ring (bicyclic) bond motifs is 1. The molecule has 0 fully saturated rings. The van der Waals surface area contributed by atoms with Crippen LogP contribution < -0.4 is 19.5 Å². The minimum atomic E-state index is -0.341. The highest BCUT2D eigenvalue weighted by Gasteiger charge is 2.18. The van der Waals surface area contributed by atoms with E-state index in [0.717, 1.165) is 45.4 Å². The molecule has 1 aliphatic rings. The Labute approximate surface area is 165 Å². The Balaban J connectivity index is 1.51. The van der Waals surface area contributed by atoms with Gasteiger partial charge in [-0.15, -0.1) is 0 Å². The zero-order valence-electron chi connectivity index (χ0n) is 16.1. The van der Waals surface area contributed by atoms with Crippen LogP contribution in [0.15, 0.2) is 60.7 Å². The third kappa shape index (κ3) is 3.74. The smallest absolute Gasteiger partial charge is 0.234 e. The van der Waals surface area contributed by atoms with Crippen LogP contribution in [0.3, 0.4) is 0 Å². The summed E-state index contributed by atoms with van der Waals surface area (Å²) in [5, 5.41) is 3.27. The van der Waals surface area contributed by atoms with E-state index in [1.165, 1.54) is 0 Å². The van der Waals surface area contributed by atoms with Crippen molar-refractivity contribution in [1.82, 2.24) is 0 Å². The van der Waals surface area contributed by atoms with Gasteiger partial charge in [0.25, 0.3) is 0 Å². The first-order chi connectivity index (χ1) is 13.6. The number of hydrogen-bond donors (Lipinski definition) is 1. The van der Waals surface area contributed by atoms with Gasteiger partial charge in [0.2, 0.25) is 6.23 Å². The predicted molar refractivity (Wildman–Crippen MR) is 110 cm³/mol. The second-order valence-electron chi connectivity index (χ2n) is 6.62. The van der Waals surface area contributed by atoms with Gasteiger partial charge in [0.15, 0.2) is 0 Å². The van der Waals surface area contributed by atoms with Crippen molar-refractivity contribution in [2.24, 2.45) is 0 Å². The Morgan fingerprint density at radius 2 is 1.57 bits per heavy atom. The van der Waals surface area contributed by atoms with Gasteiger partial charge in [-0.3, -0.25) is 0 Å². The van der Waals surface area contributed by atoms with Crippen molar-refractivity contribution in [1.29, 1.82) is 0 Å². The Kier molecular flexibility index (Phi) is 4.82. The second kappa shape index (κ2) is 7.58. The molecule has 1 atom stereocenters. The maximum atomic E-state index is 5.97. The molecular weight excluding hydrogens is 350 g/mol. The lowest BCUT2D eigenvalue weighted by Crippen LogP contribution is -2.17. The van der Waals surface area contributed by atoms with Crippen molar-refractivity contribution in [2.45, 2.75) is 20.1 Å². The summed E-state index contributed by atoms with van der Waals surface area (Å²) in [6, 6.07) is 19.4. The lowest BCUT2D eigenvalue weighted by molar-refractivity contribution is 0.312. The van der Waals surface area contributed by atoms with E-state index in [9.17, 15) is 0 Å². The van der Waals surface area contributed by atoms with Crippen LogP contribution in [0.1, 0.15) is 16.7 Å². The lowest BCUT2D eigenvalue weighted by Gasteiger charge is -2.11. The molecule has 1 heterocycles. The van der Waals surface area contributed by atoms with E-state index in [2.05, 4.69) is 17.2 Å². The maximum absolute atomic E-state index is 5.97. The van der Waals surface area contributed by atoms with Crippen molar-refractivity contribution < 1.29 is 14.2 Å². The summed E-state index contributed by atoms with van der Waals surface area (Å²) in [6.07, 6.45) is -0.341. The zero-order chi connectivity index (χ0) is 19.5. The quantitative estimate of drug-likeness (QED) is 0.635. The van der Waals surface area contributed by atoms with Crippen LogP contribution in [-0.2, 0) is 0 Å². The molecule has 140 valence electrons. The van der Waals surface area contributed by atoms with E-state index in [1.54, 1.807) is 7.11 Å². The van der Waals surface area contributed by atoms with Gasteiger partial charge in [-0.05, 0) is 79.4 Å². The number of ether oxygens (including phenoxy) is 3. The summed E-state index contributed by atoms with van der Waals surface area (Å²) >= 11 is 0. The van der Waals surface area contributed by atoms with Crippen molar-refractivity contribution in [3.05, 3.63) is 77.4 Å². The topological polar surface area (TPSA) is 39.7 Å². The highest BCUT2D eigenvalue weighted by atomic mass is 16.5. The number of para-hydroxylation sites is 2. The molecule has 0 saturated heterocycles. The molecule has 1 N–H and O–H groups in total. The Morgan fingerprint density at radius 1 is 0.893 bits per heavy atom. The van der Waals surface area contributed by atoms with Crippen molar-refractivity contribution in [2.75, 3.05) is 12.4 Å². The SMILES string of the molecule is COc1ccc(Oc2cc(C)c(C#CC3Nc4ccccc4O3)c(C)c2)cc1. The summed E-state index contributed by atoms with van der Waals surface area (Å²) in [5.41, 5.74) is 4.08. The van der Waals surface area contributed by atoms with Gasteiger partial charge in [-0.25, -0.2) is 0 Å². The second-order valence-corrected chi connectivity index (χ2v) is 6.62. The molecule has 0 saturated carbocycles. The number of methoxy groups -OCH3 is 1. The third-order valence-corrected chi connectivity index (χ3v) is 4.55. The molecule has 3 aromatic rings. The van der Waals surface area contributed by atoms with Crippen LogP contribution >= 0.6 is 0 Å². The molecular formula is C24H21NO3. The van der Waals surface area contributed by atoms with Crippen LogP contribution in [0.5, 0.6) is 23.0 Å². The van der Waals surface area contributed by atoms with Gasteiger partial charge in [0, 0.05) is 5.56 Å². The number of aryl methyl sites for hydroxylation is 2. The zero-order valence-corrected chi connectivity index (χ0v) is 16.1. The number of benzene rings is 3. The number of rotatable bonds is 3. The highest BCUT2D eigenvalue weighted by Crippen LogP contribution is 2.31. The molecule has 0 amide bonds. The average molecular weight is 371 g/mol. The average Bonchev–Trinajstić information content (AvgIpc) is 3.11. The fraction of sp³-hybridized carbons (Fsp3) is 0.167. The molecule has 0 aromatic heterocycles. The highest BCUT2D eigenvalue weighted by molar-refractivity contribution is 5.61. The standard InChI is InChI=1S/C24H21NO3/c1-16-14-20(27-19-10-8-18(26-3)9-11-19)15-17(2)21(16)12-13-24-25-22-6-4-5-7-23(22)28-24/h4-11,14-15,24-25H,1-3H3. The molecule has 3 aromatic carbocycles. The molecule has 0 radical (unpaired) electrons. The fourth-order valence-electron chi connectivity index (χ4n) is 3.15. The maximum Gasteiger partial charge on any atom is 0.234 e. The molecule has 1 aliphatic heterocycles. The Bertz CT molecular complexity index is 1010. The van der Waals surface area contributed by atoms with Crippen LogP contribution in [0, 0.1) is 25.7 Å². The van der Waals surface area contributed by atoms with Crippen LogP contribution in [0.25, 0.3) is 0 Å². The molecule has 28 heavy (non-hydrogen) atoms. The summed E-state index contributed by atoms with van der Waals surface area (Å²) in [4.78, 5) is 0. The first-order valence-electron chi connectivity index (χ1n) is 9.09. The van der Waals surface area contributed by atoms with Gasteiger partial charge in [-0.1, -0.05) is 18.1 Å². The van der Waals surface area contributed by atoms with Crippen LogP contribution in [0.4, 0.5) is 5.69 Å². The largest absolute Gasteiger partial charge is 0.497 e. The Morgan fingerprint density at radius 3 is 2.25 bits per heavy atom. The lowest BCUT2D eigenvalue weighted by atomic mass is 10.0. The number of anilines is 1. The third-order valence-electron chi connectivity index (χ3n) is 4.55. The predicted octanol–water partition coefficient (Wildman–Crippen LogP) is 5.29. The minimum absolute atomic E-state index is 0.341. The van der Waals surface area contributed by atoms with Crippen LogP contribution in [-0.4, -0.2) is 13.3 Å². The van der Waals surface area contributed by atoms with E-state index in [-0.39, 0.29) is 6.23 Å². The monoisotopic (exact) mass is 371 g/mol. The van der Waals surface area contributed by atoms with Crippen molar-refractivity contribution >= 4 is 5.69 Å². The van der Waals surface area contributed by atoms with Crippen molar-refractivity contribution in [3.63, 3.8) is 0 Å². The molecule has 4 heteroatoms. The van der Waals surface area contributed by atoms with Crippen LogP contribution in [0.2, 0.25) is 0 Å². The van der Waals surface area contributed by atoms with Gasteiger partial charge in [0.05, 0.1) is 12.8 Å². The molecule has 4 rings (SSSR count). The van der Waals surface area contributed by atoms with Gasteiger partial charge >= 0.3 is 0 Å². The normalized spacial score (nSPS) is 14.2. The van der Waals surface area contributed by atoms with E-state index in [4.69, 9.17) is 14.2 Å². The molecule has 0 aliphatic carbocycles. The minimum Gasteiger partial charge on any atom is -0.497 e. The number of nitrogens with one attached hydrogen (secondary N) is 1. The summed E-state index contributed by atoms with van der Waals surface area (Å²) < 4.78 is 17.0. The number of hydrogen-bond acceptors (Lipinski definition) is 4. The van der Waals surface area contributed by atoms with Gasteiger partial charge in [-0.2, -0.15) is 0 Å². The first kappa shape index (κ1) is 17.8. The van der Waals surface area contributed by atoms with E-state index >= 15 is 0 Å². The fourth-order valence-corrected chi connectivity index (χ4v) is 3.15. The van der Waals surface area contributed by atoms with E-state index < -0.39 is 0 Å². The van der Waals surface area contributed by atoms with E-state index in [0.29, 0.717) is 0 Å². The summed E-state index contributed by atoms with van der Waals surface area (Å²) in [7, 11) is 1.65. The van der Waals surface area contributed by atoms with E-state index in [1.807, 2.05) is 74.5 Å². The molecule has 0 bridgehead atoms. The van der Waals surface area contributed by atoms with Crippen molar-refractivity contribution in [3.8, 4) is 34.8 Å².